The first-order chi connectivity index (χ1) is 14.6. The van der Waals surface area contributed by atoms with Gasteiger partial charge in [-0.1, -0.05) is 79.7 Å². The standard InChI is InChI=1S/C30H26/c1-4-20-14-15-24-22-11-6-5-10-21(22)17-27(24)29(20)30(3)16-8-13-25-23-12-7-9-19(2)26(23)18-28(25)30/h5-16,18H,4,17H2,1-3H3. The van der Waals surface area contributed by atoms with Crippen LogP contribution in [0.25, 0.3) is 22.8 Å². The zero-order chi connectivity index (χ0) is 20.5. The first-order valence-electron chi connectivity index (χ1n) is 11.1. The molecular formula is C30H26. The van der Waals surface area contributed by atoms with E-state index in [-0.39, 0.29) is 5.41 Å². The van der Waals surface area contributed by atoms with Crippen LogP contribution in [0.4, 0.5) is 0 Å². The summed E-state index contributed by atoms with van der Waals surface area (Å²) >= 11 is 0. The predicted octanol–water partition coefficient (Wildman–Crippen LogP) is 7.44. The highest BCUT2D eigenvalue weighted by Gasteiger charge is 2.40. The first-order valence-corrected chi connectivity index (χ1v) is 11.1. The van der Waals surface area contributed by atoms with Crippen molar-refractivity contribution >= 4 is 11.6 Å². The normalized spacial score (nSPS) is 20.2. The molecule has 146 valence electrons. The summed E-state index contributed by atoms with van der Waals surface area (Å²) in [6.07, 6.45) is 11.6. The average molecular weight is 387 g/mol. The van der Waals surface area contributed by atoms with E-state index in [1.54, 1.807) is 0 Å². The van der Waals surface area contributed by atoms with Crippen LogP contribution in [0.5, 0.6) is 0 Å². The minimum absolute atomic E-state index is 0.117. The molecule has 0 nitrogen and oxygen atoms in total. The van der Waals surface area contributed by atoms with Gasteiger partial charge >= 0.3 is 0 Å². The molecule has 0 saturated carbocycles. The number of hydrogen-bond acceptors (Lipinski definition) is 0. The van der Waals surface area contributed by atoms with Gasteiger partial charge in [0.2, 0.25) is 0 Å². The molecule has 0 N–H and O–H groups in total. The fourth-order valence-electron chi connectivity index (χ4n) is 5.93. The lowest BCUT2D eigenvalue weighted by atomic mass is 9.67. The molecule has 0 aliphatic heterocycles. The van der Waals surface area contributed by atoms with Gasteiger partial charge in [-0.2, -0.15) is 0 Å². The lowest BCUT2D eigenvalue weighted by molar-refractivity contribution is 0.708. The van der Waals surface area contributed by atoms with E-state index >= 15 is 0 Å². The monoisotopic (exact) mass is 386 g/mol. The fourth-order valence-corrected chi connectivity index (χ4v) is 5.93. The van der Waals surface area contributed by atoms with Gasteiger partial charge in [0.1, 0.15) is 0 Å². The Morgan fingerprint density at radius 3 is 2.60 bits per heavy atom. The van der Waals surface area contributed by atoms with E-state index in [4.69, 9.17) is 0 Å². The Bertz CT molecular complexity index is 1310. The maximum Gasteiger partial charge on any atom is 0.0368 e. The molecule has 0 fully saturated rings. The molecule has 3 aliphatic carbocycles. The third-order valence-corrected chi connectivity index (χ3v) is 7.42. The molecule has 6 rings (SSSR count). The summed E-state index contributed by atoms with van der Waals surface area (Å²) in [7, 11) is 0. The SMILES string of the molecule is CCc1ccc2c(c1C1(C)C=CC=C3C1=Cc1c(C)cccc13)Cc1ccccc1-2. The maximum absolute atomic E-state index is 2.46. The van der Waals surface area contributed by atoms with Crippen LogP contribution in [0.1, 0.15) is 52.8 Å². The second-order valence-corrected chi connectivity index (χ2v) is 9.05. The molecule has 0 heterocycles. The number of allylic oxidation sites excluding steroid dienone is 5. The van der Waals surface area contributed by atoms with Gasteiger partial charge in [0.15, 0.2) is 0 Å². The van der Waals surface area contributed by atoms with Crippen LogP contribution < -0.4 is 0 Å². The van der Waals surface area contributed by atoms with Gasteiger partial charge in [-0.25, -0.2) is 0 Å². The summed E-state index contributed by atoms with van der Waals surface area (Å²) < 4.78 is 0. The number of benzene rings is 3. The molecule has 30 heavy (non-hydrogen) atoms. The minimum Gasteiger partial charge on any atom is -0.0698 e. The zero-order valence-corrected chi connectivity index (χ0v) is 17.9. The Labute approximate surface area is 179 Å². The van der Waals surface area contributed by atoms with Crippen LogP contribution in [0.15, 0.2) is 78.4 Å². The Balaban J connectivity index is 1.61. The largest absolute Gasteiger partial charge is 0.0698 e. The first kappa shape index (κ1) is 17.7. The molecule has 1 atom stereocenters. The smallest absolute Gasteiger partial charge is 0.0368 e. The van der Waals surface area contributed by atoms with Gasteiger partial charge in [0.05, 0.1) is 0 Å². The number of rotatable bonds is 2. The number of aryl methyl sites for hydroxylation is 2. The molecule has 0 radical (unpaired) electrons. The van der Waals surface area contributed by atoms with E-state index in [0.717, 1.165) is 12.8 Å². The molecule has 0 aromatic heterocycles. The molecule has 0 spiro atoms. The predicted molar refractivity (Wildman–Crippen MR) is 128 cm³/mol. The van der Waals surface area contributed by atoms with Crippen molar-refractivity contribution in [1.82, 2.24) is 0 Å². The second kappa shape index (κ2) is 6.19. The summed E-state index contributed by atoms with van der Waals surface area (Å²) in [4.78, 5) is 0. The highest BCUT2D eigenvalue weighted by Crippen LogP contribution is 2.53. The molecule has 1 unspecified atom stereocenters. The third kappa shape index (κ3) is 2.22. The van der Waals surface area contributed by atoms with Crippen LogP contribution in [-0.2, 0) is 18.3 Å². The Morgan fingerprint density at radius 1 is 0.900 bits per heavy atom. The van der Waals surface area contributed by atoms with Gasteiger partial charge in [-0.15, -0.1) is 0 Å². The van der Waals surface area contributed by atoms with Crippen molar-refractivity contribution in [1.29, 1.82) is 0 Å². The van der Waals surface area contributed by atoms with Crippen molar-refractivity contribution in [2.45, 2.75) is 39.0 Å². The van der Waals surface area contributed by atoms with Crippen molar-refractivity contribution in [3.05, 3.63) is 117 Å². The van der Waals surface area contributed by atoms with Crippen molar-refractivity contribution in [3.8, 4) is 11.1 Å². The number of fused-ring (bicyclic) bond motifs is 6. The Hall–Kier alpha value is -3.12. The number of hydrogen-bond donors (Lipinski definition) is 0. The average Bonchev–Trinajstić information content (AvgIpc) is 3.33. The fraction of sp³-hybridized carbons (Fsp3) is 0.200. The van der Waals surface area contributed by atoms with E-state index in [1.165, 1.54) is 61.2 Å². The summed E-state index contributed by atoms with van der Waals surface area (Å²) in [5.41, 5.74) is 15.7. The van der Waals surface area contributed by atoms with E-state index in [0.29, 0.717) is 0 Å². The quantitative estimate of drug-likeness (QED) is 0.336. The van der Waals surface area contributed by atoms with Crippen LogP contribution in [0, 0.1) is 6.92 Å². The summed E-state index contributed by atoms with van der Waals surface area (Å²) in [5, 5.41) is 0. The minimum atomic E-state index is -0.117. The van der Waals surface area contributed by atoms with Gasteiger partial charge in [0.25, 0.3) is 0 Å². The van der Waals surface area contributed by atoms with E-state index < -0.39 is 0 Å². The third-order valence-electron chi connectivity index (χ3n) is 7.42. The van der Waals surface area contributed by atoms with Crippen LogP contribution >= 0.6 is 0 Å². The lowest BCUT2D eigenvalue weighted by Gasteiger charge is -2.36. The van der Waals surface area contributed by atoms with Crippen molar-refractivity contribution in [3.63, 3.8) is 0 Å². The highest BCUT2D eigenvalue weighted by molar-refractivity contribution is 6.00. The summed E-state index contributed by atoms with van der Waals surface area (Å²) in [6.45, 7) is 6.95. The lowest BCUT2D eigenvalue weighted by Crippen LogP contribution is -2.27. The van der Waals surface area contributed by atoms with E-state index in [1.807, 2.05) is 0 Å². The van der Waals surface area contributed by atoms with Crippen molar-refractivity contribution in [2.75, 3.05) is 0 Å². The Kier molecular flexibility index (Phi) is 3.65. The van der Waals surface area contributed by atoms with Crippen molar-refractivity contribution < 1.29 is 0 Å². The van der Waals surface area contributed by atoms with Crippen molar-refractivity contribution in [2.24, 2.45) is 0 Å². The molecule has 3 aromatic carbocycles. The topological polar surface area (TPSA) is 0 Å². The molecule has 0 heteroatoms. The molecule has 0 saturated heterocycles. The summed E-state index contributed by atoms with van der Waals surface area (Å²) in [5.74, 6) is 0. The summed E-state index contributed by atoms with van der Waals surface area (Å²) in [6, 6.07) is 20.4. The molecule has 0 bridgehead atoms. The molecule has 0 amide bonds. The maximum atomic E-state index is 2.46. The van der Waals surface area contributed by atoms with Gasteiger partial charge < -0.3 is 0 Å². The zero-order valence-electron chi connectivity index (χ0n) is 17.9. The van der Waals surface area contributed by atoms with Crippen LogP contribution in [0.3, 0.4) is 0 Å². The van der Waals surface area contributed by atoms with Gasteiger partial charge in [0, 0.05) is 5.41 Å². The van der Waals surface area contributed by atoms with Crippen LogP contribution in [-0.4, -0.2) is 0 Å². The van der Waals surface area contributed by atoms with E-state index in [9.17, 15) is 0 Å². The molecule has 3 aromatic rings. The molecular weight excluding hydrogens is 360 g/mol. The van der Waals surface area contributed by atoms with Gasteiger partial charge in [-0.05, 0) is 94.0 Å². The highest BCUT2D eigenvalue weighted by atomic mass is 14.4. The Morgan fingerprint density at radius 2 is 1.73 bits per heavy atom. The van der Waals surface area contributed by atoms with E-state index in [2.05, 4.69) is 99.7 Å². The molecule has 3 aliphatic rings. The van der Waals surface area contributed by atoms with Gasteiger partial charge in [-0.3, -0.25) is 0 Å². The second-order valence-electron chi connectivity index (χ2n) is 9.05. The van der Waals surface area contributed by atoms with Crippen LogP contribution in [0.2, 0.25) is 0 Å².